The Morgan fingerprint density at radius 3 is 2.60 bits per heavy atom. The number of aromatic nitrogens is 1. The van der Waals surface area contributed by atoms with E-state index in [2.05, 4.69) is 31.1 Å². The second kappa shape index (κ2) is 8.25. The molecule has 1 saturated heterocycles. The molecule has 25 heavy (non-hydrogen) atoms. The monoisotopic (exact) mass is 401 g/mol. The first kappa shape index (κ1) is 17.6. The number of pyridine rings is 1. The smallest absolute Gasteiger partial charge is 0.223 e. The van der Waals surface area contributed by atoms with Gasteiger partial charge >= 0.3 is 0 Å². The van der Waals surface area contributed by atoms with Gasteiger partial charge in [0.25, 0.3) is 0 Å². The van der Waals surface area contributed by atoms with Crippen molar-refractivity contribution in [3.8, 4) is 0 Å². The first-order valence-corrected chi connectivity index (χ1v) is 9.12. The fourth-order valence-electron chi connectivity index (χ4n) is 3.05. The van der Waals surface area contributed by atoms with Crippen molar-refractivity contribution in [1.29, 1.82) is 0 Å². The summed E-state index contributed by atoms with van der Waals surface area (Å²) in [5, 5.41) is 3.01. The molecule has 1 aromatic heterocycles. The second-order valence-corrected chi connectivity index (χ2v) is 7.12. The lowest BCUT2D eigenvalue weighted by Crippen LogP contribution is -2.40. The summed E-state index contributed by atoms with van der Waals surface area (Å²) in [6, 6.07) is 9.54. The van der Waals surface area contributed by atoms with Crippen LogP contribution in [0.3, 0.4) is 0 Å². The number of nitrogens with zero attached hydrogens (tertiary/aromatic N) is 2. The van der Waals surface area contributed by atoms with Crippen LogP contribution in [0.1, 0.15) is 28.8 Å². The van der Waals surface area contributed by atoms with Gasteiger partial charge in [-0.15, -0.1) is 0 Å². The van der Waals surface area contributed by atoms with Crippen molar-refractivity contribution in [2.24, 2.45) is 5.92 Å². The van der Waals surface area contributed by atoms with E-state index in [9.17, 15) is 9.59 Å². The van der Waals surface area contributed by atoms with Gasteiger partial charge in [-0.1, -0.05) is 0 Å². The van der Waals surface area contributed by atoms with E-state index in [1.54, 1.807) is 12.4 Å². The molecule has 1 amide bonds. The first-order chi connectivity index (χ1) is 12.2. The van der Waals surface area contributed by atoms with E-state index < -0.39 is 0 Å². The van der Waals surface area contributed by atoms with E-state index in [0.717, 1.165) is 47.9 Å². The Balaban J connectivity index is 1.49. The molecule has 1 aliphatic rings. The maximum atomic E-state index is 12.4. The van der Waals surface area contributed by atoms with Crippen molar-refractivity contribution in [2.75, 3.05) is 18.0 Å². The minimum atomic E-state index is 0.0469. The van der Waals surface area contributed by atoms with E-state index in [-0.39, 0.29) is 11.8 Å². The SMILES string of the molecule is O=Cc1ccc(N2CCC(C(=O)NCc3cncc(Br)c3)CC2)cc1. The molecule has 0 spiro atoms. The Labute approximate surface area is 155 Å². The highest BCUT2D eigenvalue weighted by atomic mass is 79.9. The Kier molecular flexibility index (Phi) is 5.81. The predicted octanol–water partition coefficient (Wildman–Crippen LogP) is 3.19. The lowest BCUT2D eigenvalue weighted by molar-refractivity contribution is -0.125. The van der Waals surface area contributed by atoms with E-state index in [1.807, 2.05) is 30.3 Å². The van der Waals surface area contributed by atoms with Gasteiger partial charge in [-0.25, -0.2) is 0 Å². The minimum Gasteiger partial charge on any atom is -0.371 e. The van der Waals surface area contributed by atoms with Gasteiger partial charge in [-0.2, -0.15) is 0 Å². The highest BCUT2D eigenvalue weighted by Gasteiger charge is 2.24. The Morgan fingerprint density at radius 1 is 1.24 bits per heavy atom. The molecule has 0 unspecified atom stereocenters. The van der Waals surface area contributed by atoms with Crippen molar-refractivity contribution in [1.82, 2.24) is 10.3 Å². The molecule has 5 nitrogen and oxygen atoms in total. The number of hydrogen-bond donors (Lipinski definition) is 1. The van der Waals surface area contributed by atoms with Gasteiger partial charge in [-0.05, 0) is 64.7 Å². The molecule has 2 aromatic rings. The Bertz CT molecular complexity index is 741. The molecule has 0 bridgehead atoms. The number of aldehydes is 1. The molecule has 0 saturated carbocycles. The van der Waals surface area contributed by atoms with Gasteiger partial charge in [-0.3, -0.25) is 14.6 Å². The van der Waals surface area contributed by atoms with Crippen LogP contribution in [0.15, 0.2) is 47.2 Å². The summed E-state index contributed by atoms with van der Waals surface area (Å²) in [6.45, 7) is 2.19. The number of nitrogens with one attached hydrogen (secondary N) is 1. The zero-order valence-corrected chi connectivity index (χ0v) is 15.4. The summed E-state index contributed by atoms with van der Waals surface area (Å²) in [5.74, 6) is 0.154. The van der Waals surface area contributed by atoms with Crippen molar-refractivity contribution in [2.45, 2.75) is 19.4 Å². The fourth-order valence-corrected chi connectivity index (χ4v) is 3.46. The Hall–Kier alpha value is -2.21. The standard InChI is InChI=1S/C19H20BrN3O2/c20-17-9-15(10-21-12-17)11-22-19(25)16-5-7-23(8-6-16)18-3-1-14(13-24)2-4-18/h1-4,9-10,12-13,16H,5-8,11H2,(H,22,25). The molecule has 2 heterocycles. The van der Waals surface area contributed by atoms with Crippen LogP contribution in [0, 0.1) is 5.92 Å². The van der Waals surface area contributed by atoms with E-state index >= 15 is 0 Å². The van der Waals surface area contributed by atoms with Crippen molar-refractivity contribution >= 4 is 33.8 Å². The average Bonchev–Trinajstić information content (AvgIpc) is 2.66. The zero-order chi connectivity index (χ0) is 17.6. The zero-order valence-electron chi connectivity index (χ0n) is 13.8. The van der Waals surface area contributed by atoms with Gasteiger partial charge in [0, 0.05) is 53.7 Å². The summed E-state index contributed by atoms with van der Waals surface area (Å²) in [7, 11) is 0. The number of carbonyl (C=O) groups is 2. The van der Waals surface area contributed by atoms with Crippen LogP contribution in [0.5, 0.6) is 0 Å². The number of piperidine rings is 1. The maximum absolute atomic E-state index is 12.4. The molecular weight excluding hydrogens is 382 g/mol. The average molecular weight is 402 g/mol. The molecule has 0 atom stereocenters. The number of hydrogen-bond acceptors (Lipinski definition) is 4. The number of halogens is 1. The third kappa shape index (κ3) is 4.66. The maximum Gasteiger partial charge on any atom is 0.223 e. The molecule has 1 aromatic carbocycles. The molecule has 1 aliphatic heterocycles. The molecule has 3 rings (SSSR count). The predicted molar refractivity (Wildman–Crippen MR) is 101 cm³/mol. The van der Waals surface area contributed by atoms with Gasteiger partial charge in [0.05, 0.1) is 0 Å². The van der Waals surface area contributed by atoms with Crippen molar-refractivity contribution in [3.05, 3.63) is 58.3 Å². The number of benzene rings is 1. The normalized spacial score (nSPS) is 15.0. The number of anilines is 1. The topological polar surface area (TPSA) is 62.3 Å². The molecule has 1 N–H and O–H groups in total. The molecule has 0 aliphatic carbocycles. The fraction of sp³-hybridized carbons (Fsp3) is 0.316. The third-order valence-corrected chi connectivity index (χ3v) is 4.92. The van der Waals surface area contributed by atoms with Crippen LogP contribution in [-0.2, 0) is 11.3 Å². The molecule has 6 heteroatoms. The summed E-state index contributed by atoms with van der Waals surface area (Å²) < 4.78 is 0.910. The van der Waals surface area contributed by atoms with E-state index in [1.165, 1.54) is 0 Å². The molecule has 130 valence electrons. The number of amides is 1. The van der Waals surface area contributed by atoms with Crippen molar-refractivity contribution < 1.29 is 9.59 Å². The van der Waals surface area contributed by atoms with E-state index in [0.29, 0.717) is 12.1 Å². The molecule has 0 radical (unpaired) electrons. The first-order valence-electron chi connectivity index (χ1n) is 8.33. The summed E-state index contributed by atoms with van der Waals surface area (Å²) in [5.41, 5.74) is 2.76. The van der Waals surface area contributed by atoms with E-state index in [4.69, 9.17) is 0 Å². The quantitative estimate of drug-likeness (QED) is 0.781. The van der Waals surface area contributed by atoms with Gasteiger partial charge in [0.2, 0.25) is 5.91 Å². The van der Waals surface area contributed by atoms with Gasteiger partial charge < -0.3 is 10.2 Å². The molecular formula is C19H20BrN3O2. The third-order valence-electron chi connectivity index (χ3n) is 4.49. The minimum absolute atomic E-state index is 0.0469. The van der Waals surface area contributed by atoms with Crippen LogP contribution >= 0.6 is 15.9 Å². The summed E-state index contributed by atoms with van der Waals surface area (Å²) in [4.78, 5) is 29.5. The molecule has 1 fully saturated rings. The lowest BCUT2D eigenvalue weighted by atomic mass is 9.95. The number of rotatable bonds is 5. The summed E-state index contributed by atoms with van der Waals surface area (Å²) >= 11 is 3.38. The summed E-state index contributed by atoms with van der Waals surface area (Å²) in [6.07, 6.45) is 6.00. The van der Waals surface area contributed by atoms with Crippen LogP contribution in [0.4, 0.5) is 5.69 Å². The lowest BCUT2D eigenvalue weighted by Gasteiger charge is -2.33. The highest BCUT2D eigenvalue weighted by molar-refractivity contribution is 9.10. The van der Waals surface area contributed by atoms with Crippen LogP contribution in [-0.4, -0.2) is 30.3 Å². The Morgan fingerprint density at radius 2 is 1.96 bits per heavy atom. The number of carbonyl (C=O) groups excluding carboxylic acids is 2. The highest BCUT2D eigenvalue weighted by Crippen LogP contribution is 2.23. The van der Waals surface area contributed by atoms with Crippen LogP contribution in [0.2, 0.25) is 0 Å². The van der Waals surface area contributed by atoms with Crippen molar-refractivity contribution in [3.63, 3.8) is 0 Å². The second-order valence-electron chi connectivity index (χ2n) is 6.20. The van der Waals surface area contributed by atoms with Gasteiger partial charge in [0.1, 0.15) is 6.29 Å². The largest absolute Gasteiger partial charge is 0.371 e. The van der Waals surface area contributed by atoms with Gasteiger partial charge in [0.15, 0.2) is 0 Å². The van der Waals surface area contributed by atoms with Crippen LogP contribution in [0.25, 0.3) is 0 Å². The van der Waals surface area contributed by atoms with Crippen LogP contribution < -0.4 is 10.2 Å².